The molecule has 3 aliphatic rings. The third-order valence-corrected chi connectivity index (χ3v) is 6.78. The molecule has 13 heteroatoms. The third-order valence-electron chi connectivity index (χ3n) is 6.78. The Morgan fingerprint density at radius 2 is 2.09 bits per heavy atom. The molecule has 3 atom stereocenters. The van der Waals surface area contributed by atoms with Gasteiger partial charge in [0.05, 0.1) is 22.4 Å². The summed E-state index contributed by atoms with van der Waals surface area (Å²) >= 11 is 0. The highest BCUT2D eigenvalue weighted by Crippen LogP contribution is 2.45. The zero-order valence-corrected chi connectivity index (χ0v) is 18.0. The molecule has 3 aliphatic heterocycles. The number of alkyl halides is 1. The normalized spacial score (nSPS) is 27.0. The van der Waals surface area contributed by atoms with Crippen LogP contribution in [0, 0.1) is 5.41 Å². The van der Waals surface area contributed by atoms with Crippen LogP contribution in [0.15, 0.2) is 29.7 Å². The van der Waals surface area contributed by atoms with E-state index in [4.69, 9.17) is 4.74 Å². The second-order valence-electron chi connectivity index (χ2n) is 8.57. The first kappa shape index (κ1) is 21.5. The second kappa shape index (κ2) is 8.23. The summed E-state index contributed by atoms with van der Waals surface area (Å²) in [6.45, 7) is 2.70. The number of ether oxygens (including phenoxy) is 1. The van der Waals surface area contributed by atoms with E-state index in [9.17, 15) is 14.7 Å². The lowest BCUT2D eigenvalue weighted by atomic mass is 9.75. The number of hydrogen-bond acceptors (Lipinski definition) is 10. The summed E-state index contributed by atoms with van der Waals surface area (Å²) in [4.78, 5) is 28.2. The van der Waals surface area contributed by atoms with Gasteiger partial charge in [-0.25, -0.2) is 9.18 Å². The van der Waals surface area contributed by atoms with Crippen molar-refractivity contribution in [3.05, 3.63) is 35.4 Å². The zero-order chi connectivity index (χ0) is 23.2. The fourth-order valence-electron chi connectivity index (χ4n) is 4.73. The van der Waals surface area contributed by atoms with Crippen molar-refractivity contribution in [1.82, 2.24) is 40.2 Å². The van der Waals surface area contributed by atoms with Crippen LogP contribution >= 0.6 is 0 Å². The Morgan fingerprint density at radius 1 is 1.27 bits per heavy atom. The van der Waals surface area contributed by atoms with Gasteiger partial charge in [-0.05, 0) is 48.9 Å². The number of carbonyl (C=O) groups is 2. The van der Waals surface area contributed by atoms with Gasteiger partial charge in [0.25, 0.3) is 0 Å². The first-order valence-electron chi connectivity index (χ1n) is 10.7. The molecule has 174 valence electrons. The van der Waals surface area contributed by atoms with Crippen LogP contribution in [0.25, 0.3) is 5.82 Å². The summed E-state index contributed by atoms with van der Waals surface area (Å²) in [5, 5.41) is 29.4. The van der Waals surface area contributed by atoms with Crippen LogP contribution < -0.4 is 0 Å². The number of β-amino-alcohol motifs (C(OH)–C–C–N with tert-alkyl or cyclic N) is 1. The van der Waals surface area contributed by atoms with Crippen LogP contribution in [0.1, 0.15) is 31.6 Å². The molecule has 1 amide bonds. The maximum atomic E-state index is 15.4. The molecule has 1 spiro atoms. The molecule has 2 saturated heterocycles. The average molecular weight is 458 g/mol. The van der Waals surface area contributed by atoms with Gasteiger partial charge in [-0.2, -0.15) is 9.78 Å². The van der Waals surface area contributed by atoms with Crippen molar-refractivity contribution in [3.63, 3.8) is 0 Å². The SMILES string of the molecule is CC1=C(N2CCC3(CCN(C[C@H](O)c4ccc(-n5cnnn5)nn4)CC3F)C2=O)COC1=O. The van der Waals surface area contributed by atoms with E-state index in [1.807, 2.05) is 0 Å². The summed E-state index contributed by atoms with van der Waals surface area (Å²) in [5.74, 6) is -0.316. The number of likely N-dealkylation sites (tertiary alicyclic amines) is 2. The number of tetrazole rings is 1. The molecular formula is C20H23FN8O4. The first-order chi connectivity index (χ1) is 15.9. The average Bonchev–Trinajstić information content (AvgIpc) is 3.54. The van der Waals surface area contributed by atoms with Gasteiger partial charge in [0.2, 0.25) is 5.91 Å². The number of halogens is 1. The Labute approximate surface area is 188 Å². The number of aromatic nitrogens is 6. The lowest BCUT2D eigenvalue weighted by molar-refractivity contribution is -0.142. The summed E-state index contributed by atoms with van der Waals surface area (Å²) in [6.07, 6.45) is -0.249. The molecule has 0 saturated carbocycles. The number of aliphatic hydroxyl groups is 1. The molecule has 12 nitrogen and oxygen atoms in total. The van der Waals surface area contributed by atoms with Crippen LogP contribution in [0.5, 0.6) is 0 Å². The lowest BCUT2D eigenvalue weighted by Gasteiger charge is -2.41. The third kappa shape index (κ3) is 3.66. The largest absolute Gasteiger partial charge is 0.456 e. The number of piperidine rings is 1. The van der Waals surface area contributed by atoms with Gasteiger partial charge in [0.1, 0.15) is 25.2 Å². The van der Waals surface area contributed by atoms with Gasteiger partial charge in [0, 0.05) is 19.6 Å². The van der Waals surface area contributed by atoms with Crippen molar-refractivity contribution in [2.45, 2.75) is 32.0 Å². The van der Waals surface area contributed by atoms with E-state index in [0.717, 1.165) is 0 Å². The number of rotatable bonds is 5. The van der Waals surface area contributed by atoms with E-state index >= 15 is 4.39 Å². The molecule has 5 rings (SSSR count). The maximum absolute atomic E-state index is 15.4. The van der Waals surface area contributed by atoms with Crippen LogP contribution in [0.2, 0.25) is 0 Å². The van der Waals surface area contributed by atoms with Crippen LogP contribution in [0.3, 0.4) is 0 Å². The smallest absolute Gasteiger partial charge is 0.336 e. The molecular weight excluding hydrogens is 435 g/mol. The first-order valence-corrected chi connectivity index (χ1v) is 10.7. The molecule has 0 bridgehead atoms. The van der Waals surface area contributed by atoms with E-state index in [2.05, 4.69) is 25.7 Å². The number of nitrogens with zero attached hydrogens (tertiary/aromatic N) is 8. The fraction of sp³-hybridized carbons (Fsp3) is 0.550. The number of esters is 1. The number of cyclic esters (lactones) is 1. The van der Waals surface area contributed by atoms with E-state index in [1.54, 1.807) is 24.0 Å². The molecule has 2 aromatic heterocycles. The highest BCUT2D eigenvalue weighted by molar-refractivity contribution is 5.94. The molecule has 1 N–H and O–H groups in total. The molecule has 2 fully saturated rings. The van der Waals surface area contributed by atoms with Crippen molar-refractivity contribution in [3.8, 4) is 5.82 Å². The number of amides is 1. The molecule has 33 heavy (non-hydrogen) atoms. The minimum atomic E-state index is -1.39. The quantitative estimate of drug-likeness (QED) is 0.588. The van der Waals surface area contributed by atoms with Gasteiger partial charge in [0.15, 0.2) is 5.82 Å². The maximum Gasteiger partial charge on any atom is 0.336 e. The summed E-state index contributed by atoms with van der Waals surface area (Å²) < 4.78 is 21.8. The Balaban J connectivity index is 1.22. The molecule has 2 aromatic rings. The summed E-state index contributed by atoms with van der Waals surface area (Å²) in [5.41, 5.74) is 0.186. The molecule has 5 heterocycles. The van der Waals surface area contributed by atoms with Gasteiger partial charge < -0.3 is 14.7 Å². The lowest BCUT2D eigenvalue weighted by Crippen LogP contribution is -2.53. The van der Waals surface area contributed by atoms with E-state index in [0.29, 0.717) is 48.7 Å². The fourth-order valence-corrected chi connectivity index (χ4v) is 4.73. The van der Waals surface area contributed by atoms with Crippen LogP contribution in [-0.2, 0) is 14.3 Å². The highest BCUT2D eigenvalue weighted by atomic mass is 19.1. The van der Waals surface area contributed by atoms with Crippen LogP contribution in [0.4, 0.5) is 4.39 Å². The number of carbonyl (C=O) groups excluding carboxylic acids is 2. The molecule has 0 aliphatic carbocycles. The minimum Gasteiger partial charge on any atom is -0.456 e. The van der Waals surface area contributed by atoms with Crippen molar-refractivity contribution in [2.24, 2.45) is 5.41 Å². The van der Waals surface area contributed by atoms with Gasteiger partial charge in [-0.15, -0.1) is 10.2 Å². The predicted molar refractivity (Wildman–Crippen MR) is 108 cm³/mol. The Morgan fingerprint density at radius 3 is 2.73 bits per heavy atom. The van der Waals surface area contributed by atoms with Crippen molar-refractivity contribution < 1.29 is 23.8 Å². The second-order valence-corrected chi connectivity index (χ2v) is 8.57. The monoisotopic (exact) mass is 458 g/mol. The van der Waals surface area contributed by atoms with Crippen molar-refractivity contribution >= 4 is 11.9 Å². The topological polar surface area (TPSA) is 139 Å². The van der Waals surface area contributed by atoms with Gasteiger partial charge in [-0.3, -0.25) is 9.69 Å². The number of hydrogen-bond donors (Lipinski definition) is 1. The van der Waals surface area contributed by atoms with E-state index in [-0.39, 0.29) is 25.6 Å². The summed E-state index contributed by atoms with van der Waals surface area (Å²) in [7, 11) is 0. The Kier molecular flexibility index (Phi) is 5.37. The van der Waals surface area contributed by atoms with E-state index in [1.165, 1.54) is 15.9 Å². The zero-order valence-electron chi connectivity index (χ0n) is 18.0. The molecule has 0 radical (unpaired) electrons. The minimum absolute atomic E-state index is 0.0280. The van der Waals surface area contributed by atoms with Crippen LogP contribution in [-0.4, -0.2) is 96.1 Å². The van der Waals surface area contributed by atoms with E-state index < -0.39 is 23.7 Å². The Hall–Kier alpha value is -3.32. The van der Waals surface area contributed by atoms with Crippen molar-refractivity contribution in [2.75, 3.05) is 32.8 Å². The highest BCUT2D eigenvalue weighted by Gasteiger charge is 2.56. The van der Waals surface area contributed by atoms with Gasteiger partial charge in [-0.1, -0.05) is 0 Å². The standard InChI is InChI=1S/C20H23FN8O4/c1-12-14(10-33-18(12)31)28-7-5-20(19(28)32)4-6-27(9-16(20)21)8-15(30)13-2-3-17(24-23-13)29-11-22-25-26-29/h2-3,11,15-16,30H,4-10H2,1H3/t15-,16?,20?/m0/s1. The Bertz CT molecular complexity index is 1090. The predicted octanol–water partition coefficient (Wildman–Crippen LogP) is -0.421. The molecule has 0 aromatic carbocycles. The number of aliphatic hydroxyl groups excluding tert-OH is 1. The molecule has 2 unspecified atom stereocenters. The summed E-state index contributed by atoms with van der Waals surface area (Å²) in [6, 6.07) is 3.25. The van der Waals surface area contributed by atoms with Crippen molar-refractivity contribution in [1.29, 1.82) is 0 Å². The van der Waals surface area contributed by atoms with Gasteiger partial charge >= 0.3 is 5.97 Å².